The molecule has 1 heterocycles. The Kier molecular flexibility index (Phi) is 10.2. The predicted molar refractivity (Wildman–Crippen MR) is 168 cm³/mol. The molecule has 0 bridgehead atoms. The molecule has 4 aromatic rings. The van der Waals surface area contributed by atoms with E-state index in [-0.39, 0.29) is 23.8 Å². The van der Waals surface area contributed by atoms with E-state index in [1.807, 2.05) is 6.92 Å². The average molecular weight is 636 g/mol. The van der Waals surface area contributed by atoms with E-state index in [0.29, 0.717) is 41.8 Å². The number of ketones is 1. The van der Waals surface area contributed by atoms with Gasteiger partial charge in [0.1, 0.15) is 17.5 Å². The third-order valence-electron chi connectivity index (χ3n) is 8.39. The van der Waals surface area contributed by atoms with Crippen LogP contribution in [0.4, 0.5) is 13.2 Å². The summed E-state index contributed by atoms with van der Waals surface area (Å²) in [7, 11) is -3.81. The molecule has 0 radical (unpaired) electrons. The molecule has 0 saturated carbocycles. The minimum atomic E-state index is -3.81. The molecule has 5 rings (SSSR count). The first-order valence-corrected chi connectivity index (χ1v) is 16.3. The Balaban J connectivity index is 1.39. The van der Waals surface area contributed by atoms with Crippen LogP contribution in [0.25, 0.3) is 0 Å². The Bertz CT molecular complexity index is 1710. The van der Waals surface area contributed by atoms with Crippen LogP contribution in [-0.4, -0.2) is 49.7 Å². The van der Waals surface area contributed by atoms with Gasteiger partial charge >= 0.3 is 0 Å². The molecule has 0 amide bonds. The van der Waals surface area contributed by atoms with Crippen molar-refractivity contribution in [2.45, 2.75) is 55.1 Å². The number of hydrogen-bond donors (Lipinski definition) is 2. The summed E-state index contributed by atoms with van der Waals surface area (Å²) in [6.45, 7) is 2.71. The number of carbonyl (C=O) groups is 1. The number of piperazine rings is 1. The maximum Gasteiger partial charge on any atom is 0.243 e. The second kappa shape index (κ2) is 14.1. The van der Waals surface area contributed by atoms with Gasteiger partial charge < -0.3 is 11.1 Å². The summed E-state index contributed by atoms with van der Waals surface area (Å²) in [4.78, 5) is 13.9. The highest BCUT2D eigenvalue weighted by molar-refractivity contribution is 7.89. The Morgan fingerprint density at radius 3 is 2.13 bits per heavy atom. The van der Waals surface area contributed by atoms with Crippen molar-refractivity contribution in [3.63, 3.8) is 0 Å². The minimum absolute atomic E-state index is 0.182. The Hall–Kier alpha value is -3.83. The number of nitrogens with zero attached hydrogens (tertiary/aromatic N) is 1. The highest BCUT2D eigenvalue weighted by Gasteiger charge is 2.38. The maximum absolute atomic E-state index is 15.3. The molecule has 4 aromatic carbocycles. The van der Waals surface area contributed by atoms with Crippen molar-refractivity contribution < 1.29 is 26.4 Å². The van der Waals surface area contributed by atoms with Gasteiger partial charge in [-0.3, -0.25) is 4.79 Å². The van der Waals surface area contributed by atoms with Gasteiger partial charge in [-0.05, 0) is 84.5 Å². The molecule has 0 spiro atoms. The zero-order chi connectivity index (χ0) is 32.1. The lowest BCUT2D eigenvalue weighted by atomic mass is 9.82. The first-order valence-electron chi connectivity index (χ1n) is 14.9. The second-order valence-electron chi connectivity index (χ2n) is 11.5. The summed E-state index contributed by atoms with van der Waals surface area (Å²) >= 11 is 0. The molecule has 1 aliphatic rings. The average Bonchev–Trinajstić information content (AvgIpc) is 3.01. The monoisotopic (exact) mass is 635 g/mol. The third kappa shape index (κ3) is 7.36. The van der Waals surface area contributed by atoms with Gasteiger partial charge in [0, 0.05) is 37.5 Å². The fourth-order valence-electron chi connectivity index (χ4n) is 6.23. The smallest absolute Gasteiger partial charge is 0.243 e. The summed E-state index contributed by atoms with van der Waals surface area (Å²) in [6.07, 6.45) is 0.287. The fraction of sp³-hybridized carbons (Fsp3) is 0.286. The van der Waals surface area contributed by atoms with Gasteiger partial charge in [-0.1, -0.05) is 54.6 Å². The van der Waals surface area contributed by atoms with Crippen molar-refractivity contribution in [1.29, 1.82) is 0 Å². The number of carbonyl (C=O) groups excluding carboxylic acids is 1. The summed E-state index contributed by atoms with van der Waals surface area (Å²) < 4.78 is 72.5. The number of benzene rings is 4. The second-order valence-corrected chi connectivity index (χ2v) is 13.3. The highest BCUT2D eigenvalue weighted by Crippen LogP contribution is 2.31. The van der Waals surface area contributed by atoms with Gasteiger partial charge in [-0.15, -0.1) is 0 Å². The van der Waals surface area contributed by atoms with E-state index in [0.717, 1.165) is 0 Å². The molecule has 1 fully saturated rings. The highest BCUT2D eigenvalue weighted by atomic mass is 32.2. The Labute approximate surface area is 262 Å². The number of halogens is 3. The van der Waals surface area contributed by atoms with Crippen LogP contribution in [0.1, 0.15) is 41.5 Å². The maximum atomic E-state index is 15.3. The largest absolute Gasteiger partial charge is 0.321 e. The number of nitrogens with two attached hydrogens (primary N) is 1. The molecule has 3 N–H and O–H groups in total. The van der Waals surface area contributed by atoms with E-state index in [2.05, 4.69) is 5.32 Å². The van der Waals surface area contributed by atoms with E-state index in [4.69, 9.17) is 5.73 Å². The van der Waals surface area contributed by atoms with E-state index in [1.165, 1.54) is 52.8 Å². The molecule has 1 saturated heterocycles. The first kappa shape index (κ1) is 32.6. The SMILES string of the molecule is C[C@@H]1CNC[C@H](CCc2c(F)cccc2CC(=O)[C@@H](N)C(c2cccc(F)c2)c2cccc(F)c2)N1S(=O)(=O)c1ccccc1. The number of nitrogens with one attached hydrogen (secondary N) is 1. The summed E-state index contributed by atoms with van der Waals surface area (Å²) in [6, 6.07) is 22.1. The zero-order valence-corrected chi connectivity index (χ0v) is 25.7. The van der Waals surface area contributed by atoms with Crippen LogP contribution in [0.5, 0.6) is 0 Å². The topological polar surface area (TPSA) is 92.5 Å². The fourth-order valence-corrected chi connectivity index (χ4v) is 8.10. The van der Waals surface area contributed by atoms with Crippen molar-refractivity contribution in [2.24, 2.45) is 5.73 Å². The number of Topliss-reactive ketones (excluding diaryl/α,β-unsaturated/α-hetero) is 1. The van der Waals surface area contributed by atoms with Gasteiger partial charge in [0.05, 0.1) is 10.9 Å². The van der Waals surface area contributed by atoms with Crippen LogP contribution in [-0.2, 0) is 27.7 Å². The quantitative estimate of drug-likeness (QED) is 0.232. The molecule has 0 unspecified atom stereocenters. The van der Waals surface area contributed by atoms with E-state index >= 15 is 4.39 Å². The van der Waals surface area contributed by atoms with Crippen molar-refractivity contribution in [1.82, 2.24) is 9.62 Å². The van der Waals surface area contributed by atoms with Crippen LogP contribution in [0.2, 0.25) is 0 Å². The van der Waals surface area contributed by atoms with Crippen LogP contribution in [0.3, 0.4) is 0 Å². The lowest BCUT2D eigenvalue weighted by Crippen LogP contribution is -2.58. The van der Waals surface area contributed by atoms with Crippen LogP contribution >= 0.6 is 0 Å². The van der Waals surface area contributed by atoms with Crippen molar-refractivity contribution in [2.75, 3.05) is 13.1 Å². The van der Waals surface area contributed by atoms with Gasteiger partial charge in [-0.25, -0.2) is 21.6 Å². The first-order chi connectivity index (χ1) is 21.6. The number of sulfonamides is 1. The van der Waals surface area contributed by atoms with E-state index in [1.54, 1.807) is 48.5 Å². The molecular formula is C35H36F3N3O3S. The van der Waals surface area contributed by atoms with Gasteiger partial charge in [-0.2, -0.15) is 4.31 Å². The Morgan fingerprint density at radius 2 is 1.51 bits per heavy atom. The van der Waals surface area contributed by atoms with Gasteiger partial charge in [0.25, 0.3) is 0 Å². The summed E-state index contributed by atoms with van der Waals surface area (Å²) in [5, 5.41) is 3.28. The lowest BCUT2D eigenvalue weighted by molar-refractivity contribution is -0.119. The number of hydrogen-bond acceptors (Lipinski definition) is 5. The molecule has 0 aromatic heterocycles. The van der Waals surface area contributed by atoms with Crippen LogP contribution < -0.4 is 11.1 Å². The lowest BCUT2D eigenvalue weighted by Gasteiger charge is -2.40. The molecule has 1 aliphatic heterocycles. The normalized spacial score (nSPS) is 18.2. The summed E-state index contributed by atoms with van der Waals surface area (Å²) in [5.74, 6) is -2.81. The molecule has 0 aliphatic carbocycles. The number of rotatable bonds is 11. The molecular weight excluding hydrogens is 599 g/mol. The van der Waals surface area contributed by atoms with Crippen molar-refractivity contribution >= 4 is 15.8 Å². The predicted octanol–water partition coefficient (Wildman–Crippen LogP) is 5.36. The van der Waals surface area contributed by atoms with Gasteiger partial charge in [0.15, 0.2) is 5.78 Å². The minimum Gasteiger partial charge on any atom is -0.321 e. The standard InChI is InChI=1S/C35H36F3N3O3S/c1-23-21-40-22-29(41(23)45(43,44)30-13-3-2-4-14-30)16-17-31-24(8-7-15-32(31)38)20-33(42)35(39)34(25-9-5-11-27(36)18-25)26-10-6-12-28(37)19-26/h2-15,18-19,23,29,34-35,40H,16-17,20-22,39H2,1H3/t23-,29+,35-/m1/s1. The molecule has 6 nitrogen and oxygen atoms in total. The zero-order valence-electron chi connectivity index (χ0n) is 24.9. The van der Waals surface area contributed by atoms with Crippen LogP contribution in [0, 0.1) is 17.5 Å². The third-order valence-corrected chi connectivity index (χ3v) is 10.5. The molecule has 236 valence electrons. The van der Waals surface area contributed by atoms with Crippen molar-refractivity contribution in [3.8, 4) is 0 Å². The summed E-state index contributed by atoms with van der Waals surface area (Å²) in [5.41, 5.74) is 8.09. The molecule has 45 heavy (non-hydrogen) atoms. The van der Waals surface area contributed by atoms with Gasteiger partial charge in [0.2, 0.25) is 10.0 Å². The molecule has 10 heteroatoms. The Morgan fingerprint density at radius 1 is 0.889 bits per heavy atom. The van der Waals surface area contributed by atoms with Crippen LogP contribution in [0.15, 0.2) is 102 Å². The van der Waals surface area contributed by atoms with Crippen molar-refractivity contribution in [3.05, 3.63) is 137 Å². The molecule has 3 atom stereocenters. The van der Waals surface area contributed by atoms with E-state index < -0.39 is 51.3 Å². The van der Waals surface area contributed by atoms with E-state index in [9.17, 15) is 22.0 Å².